The largest absolute Gasteiger partial charge is 0.462 e. The van der Waals surface area contributed by atoms with Crippen molar-refractivity contribution in [2.45, 2.75) is 18.9 Å². The van der Waals surface area contributed by atoms with Gasteiger partial charge in [0.1, 0.15) is 17.9 Å². The molecule has 0 saturated heterocycles. The van der Waals surface area contributed by atoms with E-state index in [1.807, 2.05) is 72.3 Å². The molecule has 0 radical (unpaired) electrons. The lowest BCUT2D eigenvalue weighted by Crippen LogP contribution is -2.31. The second-order valence-electron chi connectivity index (χ2n) is 9.91. The van der Waals surface area contributed by atoms with Gasteiger partial charge in [0.15, 0.2) is 5.76 Å². The van der Waals surface area contributed by atoms with E-state index in [2.05, 4.69) is 32.4 Å². The number of aromatic nitrogens is 3. The van der Waals surface area contributed by atoms with Crippen LogP contribution in [0, 0.1) is 11.8 Å². The van der Waals surface area contributed by atoms with Crippen LogP contribution in [0.15, 0.2) is 78.9 Å². The number of anilines is 1. The Morgan fingerprint density at radius 1 is 1.17 bits per heavy atom. The molecule has 42 heavy (non-hydrogen) atoms. The number of nitrogens with two attached hydrogens (primary N) is 1. The van der Waals surface area contributed by atoms with Crippen LogP contribution in [0.1, 0.15) is 44.2 Å². The van der Waals surface area contributed by atoms with Crippen LogP contribution in [-0.2, 0) is 34.3 Å². The third-order valence-electron chi connectivity index (χ3n) is 7.21. The summed E-state index contributed by atoms with van der Waals surface area (Å²) in [6, 6.07) is 18.9. The summed E-state index contributed by atoms with van der Waals surface area (Å²) in [6.45, 7) is 1.02. The molecule has 4 aromatic rings. The standard InChI is InChI=1S/C32H28N6O4/c1-38-25-12-13-34-30(39)24(25)15-26(38)29-23(17-36-32(33)37-29)11-10-20-8-5-9-22(14-20)28(27-18-41-19-42-27)31(40)35-16-21-6-3-2-4-7-21/h2-9,14-15,17-18,28H,12-13,16,19H2,1H3,(H,34,39)(H,35,40)(H2,33,36,37). The Morgan fingerprint density at radius 2 is 2.02 bits per heavy atom. The monoisotopic (exact) mass is 560 g/mol. The third-order valence-corrected chi connectivity index (χ3v) is 7.21. The number of carbonyl (C=O) groups is 2. The fourth-order valence-corrected chi connectivity index (χ4v) is 5.11. The topological polar surface area (TPSA) is 133 Å². The molecule has 1 unspecified atom stereocenters. The lowest BCUT2D eigenvalue weighted by molar-refractivity contribution is -0.122. The van der Waals surface area contributed by atoms with Gasteiger partial charge in [-0.2, -0.15) is 0 Å². The van der Waals surface area contributed by atoms with Crippen LogP contribution in [-0.4, -0.2) is 39.7 Å². The van der Waals surface area contributed by atoms with E-state index < -0.39 is 5.92 Å². The van der Waals surface area contributed by atoms with Crippen molar-refractivity contribution >= 4 is 17.8 Å². The number of nitrogen functional groups attached to an aromatic ring is 1. The molecule has 4 N–H and O–H groups in total. The average Bonchev–Trinajstić information content (AvgIpc) is 3.65. The minimum atomic E-state index is -0.714. The molecule has 10 nitrogen and oxygen atoms in total. The molecule has 6 rings (SSSR count). The molecular formula is C32H28N6O4. The summed E-state index contributed by atoms with van der Waals surface area (Å²) in [7, 11) is 1.90. The highest BCUT2D eigenvalue weighted by Crippen LogP contribution is 2.30. The van der Waals surface area contributed by atoms with E-state index in [1.165, 1.54) is 6.26 Å². The first-order valence-corrected chi connectivity index (χ1v) is 13.5. The van der Waals surface area contributed by atoms with Gasteiger partial charge >= 0.3 is 0 Å². The Bertz CT molecular complexity index is 1770. The molecule has 0 saturated carbocycles. The van der Waals surface area contributed by atoms with Crippen molar-refractivity contribution in [2.24, 2.45) is 7.05 Å². The van der Waals surface area contributed by atoms with E-state index in [0.29, 0.717) is 46.8 Å². The maximum atomic E-state index is 13.4. The van der Waals surface area contributed by atoms with E-state index in [0.717, 1.165) is 23.4 Å². The second kappa shape index (κ2) is 11.5. The first-order chi connectivity index (χ1) is 20.5. The van der Waals surface area contributed by atoms with Crippen LogP contribution in [0.3, 0.4) is 0 Å². The van der Waals surface area contributed by atoms with Crippen molar-refractivity contribution in [1.29, 1.82) is 0 Å². The second-order valence-corrected chi connectivity index (χ2v) is 9.91. The van der Waals surface area contributed by atoms with Gasteiger partial charge < -0.3 is 30.4 Å². The van der Waals surface area contributed by atoms with E-state index in [1.54, 1.807) is 6.20 Å². The van der Waals surface area contributed by atoms with Gasteiger partial charge in [-0.05, 0) is 29.3 Å². The van der Waals surface area contributed by atoms with Crippen LogP contribution in [0.4, 0.5) is 5.95 Å². The summed E-state index contributed by atoms with van der Waals surface area (Å²) in [5.74, 6) is 5.84. The first-order valence-electron chi connectivity index (χ1n) is 13.5. The molecule has 2 amide bonds. The van der Waals surface area contributed by atoms with Crippen molar-refractivity contribution in [3.8, 4) is 23.2 Å². The van der Waals surface area contributed by atoms with Gasteiger partial charge in [0.2, 0.25) is 18.6 Å². The van der Waals surface area contributed by atoms with Crippen molar-refractivity contribution in [3.05, 3.63) is 112 Å². The Balaban J connectivity index is 1.31. The molecule has 210 valence electrons. The number of amides is 2. The van der Waals surface area contributed by atoms with Crippen LogP contribution in [0.25, 0.3) is 11.4 Å². The van der Waals surface area contributed by atoms with Crippen molar-refractivity contribution in [2.75, 3.05) is 19.1 Å². The number of benzene rings is 2. The molecule has 2 aliphatic rings. The average molecular weight is 561 g/mol. The number of nitrogens with one attached hydrogen (secondary N) is 2. The highest BCUT2D eigenvalue weighted by Gasteiger charge is 2.29. The fourth-order valence-electron chi connectivity index (χ4n) is 5.11. The Kier molecular flexibility index (Phi) is 7.30. The van der Waals surface area contributed by atoms with Gasteiger partial charge in [-0.15, -0.1) is 0 Å². The van der Waals surface area contributed by atoms with Gasteiger partial charge in [-0.25, -0.2) is 9.97 Å². The number of nitrogens with zero attached hydrogens (tertiary/aromatic N) is 3. The lowest BCUT2D eigenvalue weighted by atomic mass is 9.94. The van der Waals surface area contributed by atoms with Crippen molar-refractivity contribution in [3.63, 3.8) is 0 Å². The summed E-state index contributed by atoms with van der Waals surface area (Å²) in [5, 5.41) is 5.88. The smallest absolute Gasteiger partial charge is 0.253 e. The summed E-state index contributed by atoms with van der Waals surface area (Å²) in [4.78, 5) is 34.4. The van der Waals surface area contributed by atoms with Crippen LogP contribution in [0.2, 0.25) is 0 Å². The van der Waals surface area contributed by atoms with Gasteiger partial charge in [0.05, 0.1) is 16.8 Å². The molecule has 4 heterocycles. The van der Waals surface area contributed by atoms with Crippen molar-refractivity contribution in [1.82, 2.24) is 25.2 Å². The number of rotatable bonds is 6. The number of fused-ring (bicyclic) bond motifs is 1. The molecule has 0 aliphatic carbocycles. The van der Waals surface area contributed by atoms with Gasteiger partial charge in [-0.1, -0.05) is 54.3 Å². The Labute approximate surface area is 242 Å². The minimum Gasteiger partial charge on any atom is -0.462 e. The zero-order valence-electron chi connectivity index (χ0n) is 22.9. The zero-order valence-corrected chi connectivity index (χ0v) is 22.9. The summed E-state index contributed by atoms with van der Waals surface area (Å²) >= 11 is 0. The molecule has 2 aromatic heterocycles. The quantitative estimate of drug-likeness (QED) is 0.309. The minimum absolute atomic E-state index is 0.0570. The van der Waals surface area contributed by atoms with E-state index in [4.69, 9.17) is 15.2 Å². The SMILES string of the molecule is Cn1c(-c2nc(N)ncc2C#Cc2cccc(C(C(=O)NCc3ccccc3)C3=COCO3)c2)cc2c1CCNC2=O. The normalized spacial score (nSPS) is 14.3. The predicted octanol–water partition coefficient (Wildman–Crippen LogP) is 3.00. The van der Waals surface area contributed by atoms with E-state index in [9.17, 15) is 9.59 Å². The molecule has 0 spiro atoms. The zero-order chi connectivity index (χ0) is 29.1. The van der Waals surface area contributed by atoms with Crippen LogP contribution >= 0.6 is 0 Å². The molecule has 0 fully saturated rings. The van der Waals surface area contributed by atoms with E-state index in [-0.39, 0.29) is 24.6 Å². The van der Waals surface area contributed by atoms with Crippen molar-refractivity contribution < 1.29 is 19.1 Å². The maximum absolute atomic E-state index is 13.4. The first kappa shape index (κ1) is 26.7. The number of hydrogen-bond acceptors (Lipinski definition) is 7. The molecular weight excluding hydrogens is 532 g/mol. The van der Waals surface area contributed by atoms with E-state index >= 15 is 0 Å². The Hall–Kier alpha value is -5.56. The molecule has 2 aliphatic heterocycles. The van der Waals surface area contributed by atoms with Crippen LogP contribution < -0.4 is 16.4 Å². The number of carbonyl (C=O) groups excluding carboxylic acids is 2. The van der Waals surface area contributed by atoms with Gasteiger partial charge in [0, 0.05) is 44.0 Å². The molecule has 1 atom stereocenters. The fraction of sp³-hybridized carbons (Fsp3) is 0.188. The predicted molar refractivity (Wildman–Crippen MR) is 155 cm³/mol. The third kappa shape index (κ3) is 5.40. The summed E-state index contributed by atoms with van der Waals surface area (Å²) in [5.41, 5.74) is 11.7. The highest BCUT2D eigenvalue weighted by molar-refractivity contribution is 5.98. The molecule has 2 aromatic carbocycles. The highest BCUT2D eigenvalue weighted by atomic mass is 16.7. The summed E-state index contributed by atoms with van der Waals surface area (Å²) in [6.07, 6.45) is 3.77. The van der Waals surface area contributed by atoms with Gasteiger partial charge in [-0.3, -0.25) is 9.59 Å². The molecule has 10 heteroatoms. The Morgan fingerprint density at radius 3 is 2.81 bits per heavy atom. The summed E-state index contributed by atoms with van der Waals surface area (Å²) < 4.78 is 12.9. The maximum Gasteiger partial charge on any atom is 0.253 e. The van der Waals surface area contributed by atoms with Crippen LogP contribution in [0.5, 0.6) is 0 Å². The lowest BCUT2D eigenvalue weighted by Gasteiger charge is -2.17. The van der Waals surface area contributed by atoms with Gasteiger partial charge in [0.25, 0.3) is 5.91 Å². The number of hydrogen-bond donors (Lipinski definition) is 3. The number of ether oxygens (including phenoxy) is 2. The molecule has 0 bridgehead atoms.